The summed E-state index contributed by atoms with van der Waals surface area (Å²) in [5.74, 6) is 0.852. The molecule has 1 aliphatic carbocycles. The number of unbranched alkanes of at least 4 members (excludes halogenated alkanes) is 1. The molecule has 118 valence electrons. The highest BCUT2D eigenvalue weighted by atomic mass is 16.5. The summed E-state index contributed by atoms with van der Waals surface area (Å²) in [7, 11) is 0. The van der Waals surface area contributed by atoms with Gasteiger partial charge < -0.3 is 9.30 Å². The summed E-state index contributed by atoms with van der Waals surface area (Å²) >= 11 is 0. The van der Waals surface area contributed by atoms with E-state index in [1.54, 1.807) is 0 Å². The second-order valence-corrected chi connectivity index (χ2v) is 6.69. The molecular weight excluding hydrogens is 262 g/mol. The molecular formula is C17H29N3O. The zero-order valence-electron chi connectivity index (χ0n) is 13.3. The van der Waals surface area contributed by atoms with Crippen molar-refractivity contribution in [3.05, 3.63) is 18.7 Å². The van der Waals surface area contributed by atoms with Crippen molar-refractivity contribution < 1.29 is 4.74 Å². The SMILES string of the molecule is CCCC[C@@H]1CN(CCCn2ccnc2)C[C@H](C2CC2)O1. The Balaban J connectivity index is 1.45. The van der Waals surface area contributed by atoms with Gasteiger partial charge in [-0.1, -0.05) is 19.8 Å². The Labute approximate surface area is 128 Å². The quantitative estimate of drug-likeness (QED) is 0.738. The van der Waals surface area contributed by atoms with E-state index >= 15 is 0 Å². The lowest BCUT2D eigenvalue weighted by Crippen LogP contribution is -2.48. The molecule has 1 aromatic heterocycles. The van der Waals surface area contributed by atoms with Gasteiger partial charge in [-0.15, -0.1) is 0 Å². The van der Waals surface area contributed by atoms with Crippen molar-refractivity contribution in [2.24, 2.45) is 5.92 Å². The Kier molecular flexibility index (Phi) is 5.31. The van der Waals surface area contributed by atoms with Crippen LogP contribution in [0.15, 0.2) is 18.7 Å². The minimum Gasteiger partial charge on any atom is -0.372 e. The van der Waals surface area contributed by atoms with Crippen molar-refractivity contribution in [2.45, 2.75) is 64.2 Å². The van der Waals surface area contributed by atoms with Crippen LogP contribution >= 0.6 is 0 Å². The molecule has 0 amide bonds. The van der Waals surface area contributed by atoms with Crippen molar-refractivity contribution in [1.29, 1.82) is 0 Å². The third-order valence-corrected chi connectivity index (χ3v) is 4.74. The van der Waals surface area contributed by atoms with Crippen LogP contribution in [0.25, 0.3) is 0 Å². The number of hydrogen-bond acceptors (Lipinski definition) is 3. The van der Waals surface area contributed by atoms with E-state index in [2.05, 4.69) is 27.6 Å². The first kappa shape index (κ1) is 15.0. The summed E-state index contributed by atoms with van der Waals surface area (Å²) in [6.45, 7) is 6.81. The van der Waals surface area contributed by atoms with E-state index in [1.807, 2.05) is 12.5 Å². The van der Waals surface area contributed by atoms with Gasteiger partial charge in [-0.25, -0.2) is 4.98 Å². The Hall–Kier alpha value is -0.870. The molecule has 1 saturated heterocycles. The largest absolute Gasteiger partial charge is 0.372 e. The normalized spacial score (nSPS) is 27.1. The second kappa shape index (κ2) is 7.41. The van der Waals surface area contributed by atoms with Gasteiger partial charge in [0, 0.05) is 38.6 Å². The van der Waals surface area contributed by atoms with Crippen molar-refractivity contribution in [3.63, 3.8) is 0 Å². The van der Waals surface area contributed by atoms with Gasteiger partial charge in [0.25, 0.3) is 0 Å². The molecule has 2 aliphatic rings. The lowest BCUT2D eigenvalue weighted by atomic mass is 10.1. The minimum absolute atomic E-state index is 0.470. The molecule has 0 radical (unpaired) electrons. The van der Waals surface area contributed by atoms with Crippen LogP contribution in [-0.2, 0) is 11.3 Å². The first-order valence-electron chi connectivity index (χ1n) is 8.68. The highest BCUT2D eigenvalue weighted by molar-refractivity contribution is 4.89. The van der Waals surface area contributed by atoms with Gasteiger partial charge in [-0.2, -0.15) is 0 Å². The number of ether oxygens (including phenoxy) is 1. The van der Waals surface area contributed by atoms with Crippen LogP contribution < -0.4 is 0 Å². The first-order chi connectivity index (χ1) is 10.3. The Morgan fingerprint density at radius 2 is 2.10 bits per heavy atom. The van der Waals surface area contributed by atoms with Crippen molar-refractivity contribution >= 4 is 0 Å². The van der Waals surface area contributed by atoms with Crippen molar-refractivity contribution in [2.75, 3.05) is 19.6 Å². The molecule has 0 aromatic carbocycles. The standard InChI is InChI=1S/C17H29N3O/c1-2-3-5-16-12-20(13-17(21-16)15-6-7-15)10-4-9-19-11-8-18-14-19/h8,11,14-17H,2-7,9-10,12-13H2,1H3/t16-,17-/m1/s1. The summed E-state index contributed by atoms with van der Waals surface area (Å²) < 4.78 is 8.51. The number of hydrogen-bond donors (Lipinski definition) is 0. The van der Waals surface area contributed by atoms with Crippen LogP contribution in [-0.4, -0.2) is 46.3 Å². The summed E-state index contributed by atoms with van der Waals surface area (Å²) in [5.41, 5.74) is 0. The topological polar surface area (TPSA) is 30.3 Å². The fraction of sp³-hybridized carbons (Fsp3) is 0.824. The molecule has 1 saturated carbocycles. The van der Waals surface area contributed by atoms with Gasteiger partial charge in [0.05, 0.1) is 18.5 Å². The molecule has 0 spiro atoms. The predicted molar refractivity (Wildman–Crippen MR) is 84.2 cm³/mol. The molecule has 0 unspecified atom stereocenters. The fourth-order valence-electron chi connectivity index (χ4n) is 3.35. The van der Waals surface area contributed by atoms with Crippen LogP contribution in [0.4, 0.5) is 0 Å². The summed E-state index contributed by atoms with van der Waals surface area (Å²) in [5, 5.41) is 0. The third-order valence-electron chi connectivity index (χ3n) is 4.74. The lowest BCUT2D eigenvalue weighted by Gasteiger charge is -2.38. The second-order valence-electron chi connectivity index (χ2n) is 6.69. The maximum Gasteiger partial charge on any atom is 0.0945 e. The van der Waals surface area contributed by atoms with Gasteiger partial charge in [-0.05, 0) is 31.6 Å². The molecule has 1 aromatic rings. The van der Waals surface area contributed by atoms with E-state index in [-0.39, 0.29) is 0 Å². The molecule has 2 heterocycles. The van der Waals surface area contributed by atoms with E-state index < -0.39 is 0 Å². The number of aryl methyl sites for hydroxylation is 1. The number of rotatable bonds is 8. The van der Waals surface area contributed by atoms with E-state index in [0.29, 0.717) is 12.2 Å². The van der Waals surface area contributed by atoms with Crippen LogP contribution in [0, 0.1) is 5.92 Å². The Morgan fingerprint density at radius 1 is 1.19 bits per heavy atom. The average molecular weight is 291 g/mol. The van der Waals surface area contributed by atoms with Gasteiger partial charge >= 0.3 is 0 Å². The lowest BCUT2D eigenvalue weighted by molar-refractivity contribution is -0.0973. The third kappa shape index (κ3) is 4.55. The number of morpholine rings is 1. The highest BCUT2D eigenvalue weighted by Gasteiger charge is 2.37. The maximum atomic E-state index is 6.34. The summed E-state index contributed by atoms with van der Waals surface area (Å²) in [6, 6.07) is 0. The zero-order valence-corrected chi connectivity index (χ0v) is 13.3. The molecule has 4 heteroatoms. The van der Waals surface area contributed by atoms with Gasteiger partial charge in [-0.3, -0.25) is 4.90 Å². The van der Waals surface area contributed by atoms with E-state index in [4.69, 9.17) is 4.74 Å². The van der Waals surface area contributed by atoms with Crippen LogP contribution in [0.1, 0.15) is 45.4 Å². The number of imidazole rings is 1. The Bertz CT molecular complexity index is 402. The smallest absolute Gasteiger partial charge is 0.0945 e. The fourth-order valence-corrected chi connectivity index (χ4v) is 3.35. The predicted octanol–water partition coefficient (Wildman–Crippen LogP) is 2.94. The molecule has 2 fully saturated rings. The molecule has 0 bridgehead atoms. The minimum atomic E-state index is 0.470. The average Bonchev–Trinajstić information content (AvgIpc) is 3.23. The molecule has 0 N–H and O–H groups in total. The number of aromatic nitrogens is 2. The zero-order chi connectivity index (χ0) is 14.5. The summed E-state index contributed by atoms with van der Waals surface area (Å²) in [4.78, 5) is 6.75. The maximum absolute atomic E-state index is 6.34. The molecule has 21 heavy (non-hydrogen) atoms. The molecule has 2 atom stereocenters. The van der Waals surface area contributed by atoms with Gasteiger partial charge in [0.15, 0.2) is 0 Å². The number of nitrogens with zero attached hydrogens (tertiary/aromatic N) is 3. The monoisotopic (exact) mass is 291 g/mol. The summed E-state index contributed by atoms with van der Waals surface area (Å²) in [6.07, 6.45) is 14.6. The first-order valence-corrected chi connectivity index (χ1v) is 8.68. The highest BCUT2D eigenvalue weighted by Crippen LogP contribution is 2.37. The molecule has 1 aliphatic heterocycles. The molecule has 3 rings (SSSR count). The van der Waals surface area contributed by atoms with Crippen molar-refractivity contribution in [3.8, 4) is 0 Å². The van der Waals surface area contributed by atoms with Crippen LogP contribution in [0.3, 0.4) is 0 Å². The van der Waals surface area contributed by atoms with Crippen molar-refractivity contribution in [1.82, 2.24) is 14.5 Å². The van der Waals surface area contributed by atoms with E-state index in [1.165, 1.54) is 45.1 Å². The van der Waals surface area contributed by atoms with E-state index in [0.717, 1.165) is 25.6 Å². The molecule has 4 nitrogen and oxygen atoms in total. The van der Waals surface area contributed by atoms with Crippen LogP contribution in [0.5, 0.6) is 0 Å². The van der Waals surface area contributed by atoms with E-state index in [9.17, 15) is 0 Å². The van der Waals surface area contributed by atoms with Gasteiger partial charge in [0.1, 0.15) is 0 Å². The van der Waals surface area contributed by atoms with Crippen LogP contribution in [0.2, 0.25) is 0 Å². The Morgan fingerprint density at radius 3 is 2.81 bits per heavy atom. The van der Waals surface area contributed by atoms with Gasteiger partial charge in [0.2, 0.25) is 0 Å².